The minimum absolute atomic E-state index is 0.00579. The van der Waals surface area contributed by atoms with E-state index in [1.807, 2.05) is 26.1 Å². The molecule has 2 heterocycles. The van der Waals surface area contributed by atoms with Crippen molar-refractivity contribution in [1.29, 1.82) is 0 Å². The second-order valence-corrected chi connectivity index (χ2v) is 5.27. The molecule has 20 heavy (non-hydrogen) atoms. The van der Waals surface area contributed by atoms with Gasteiger partial charge in [-0.25, -0.2) is 0 Å². The molecular weight excluding hydrogens is 252 g/mol. The van der Waals surface area contributed by atoms with Crippen molar-refractivity contribution in [1.82, 2.24) is 14.8 Å². The molecule has 0 fully saturated rings. The Kier molecular flexibility index (Phi) is 3.04. The van der Waals surface area contributed by atoms with Crippen LogP contribution in [0, 0.1) is 6.92 Å². The molecule has 0 unspecified atom stereocenters. The number of anilines is 1. The molecule has 0 saturated heterocycles. The molecule has 0 spiro atoms. The highest BCUT2D eigenvalue weighted by atomic mass is 16.2. The number of aromatic nitrogens is 3. The number of amides is 1. The standard InChI is InChI=1S/C15H18N4O/c1-10-9-11(7-8-16-10)18(2)15(20)14-12-5-4-6-13(12)17-19(14)3/h7-9H,4-6H2,1-3H3. The maximum absolute atomic E-state index is 12.7. The van der Waals surface area contributed by atoms with Crippen LogP contribution in [-0.2, 0) is 19.9 Å². The quantitative estimate of drug-likeness (QED) is 0.837. The summed E-state index contributed by atoms with van der Waals surface area (Å²) in [5.41, 5.74) is 4.67. The Labute approximate surface area is 118 Å². The molecule has 5 heteroatoms. The minimum atomic E-state index is -0.00579. The van der Waals surface area contributed by atoms with Crippen LogP contribution in [-0.4, -0.2) is 27.7 Å². The summed E-state index contributed by atoms with van der Waals surface area (Å²) >= 11 is 0. The molecule has 0 atom stereocenters. The van der Waals surface area contributed by atoms with Crippen molar-refractivity contribution in [3.05, 3.63) is 41.0 Å². The second kappa shape index (κ2) is 4.74. The molecule has 1 amide bonds. The van der Waals surface area contributed by atoms with E-state index in [0.717, 1.165) is 47.6 Å². The third kappa shape index (κ3) is 1.99. The maximum Gasteiger partial charge on any atom is 0.276 e. The van der Waals surface area contributed by atoms with Gasteiger partial charge in [0.2, 0.25) is 0 Å². The van der Waals surface area contributed by atoms with Crippen molar-refractivity contribution >= 4 is 11.6 Å². The fourth-order valence-corrected chi connectivity index (χ4v) is 2.80. The fraction of sp³-hybridized carbons (Fsp3) is 0.400. The number of carbonyl (C=O) groups is 1. The lowest BCUT2D eigenvalue weighted by molar-refractivity contribution is 0.0983. The topological polar surface area (TPSA) is 51.0 Å². The van der Waals surface area contributed by atoms with Gasteiger partial charge in [0.25, 0.3) is 5.91 Å². The number of pyridine rings is 1. The predicted molar refractivity (Wildman–Crippen MR) is 76.9 cm³/mol. The van der Waals surface area contributed by atoms with Gasteiger partial charge in [0.1, 0.15) is 5.69 Å². The first-order valence-corrected chi connectivity index (χ1v) is 6.83. The van der Waals surface area contributed by atoms with Gasteiger partial charge in [0.15, 0.2) is 0 Å². The highest BCUT2D eigenvalue weighted by Gasteiger charge is 2.27. The number of carbonyl (C=O) groups excluding carboxylic acids is 1. The Morgan fingerprint density at radius 3 is 2.95 bits per heavy atom. The van der Waals surface area contributed by atoms with Crippen LogP contribution in [0.15, 0.2) is 18.3 Å². The van der Waals surface area contributed by atoms with Gasteiger partial charge in [-0.2, -0.15) is 5.10 Å². The van der Waals surface area contributed by atoms with Crippen molar-refractivity contribution in [2.75, 3.05) is 11.9 Å². The molecule has 1 aliphatic carbocycles. The molecule has 2 aromatic heterocycles. The average molecular weight is 270 g/mol. The van der Waals surface area contributed by atoms with E-state index in [1.165, 1.54) is 0 Å². The minimum Gasteiger partial charge on any atom is -0.310 e. The highest BCUT2D eigenvalue weighted by Crippen LogP contribution is 2.26. The van der Waals surface area contributed by atoms with E-state index in [4.69, 9.17) is 0 Å². The summed E-state index contributed by atoms with van der Waals surface area (Å²) in [6.45, 7) is 1.92. The smallest absolute Gasteiger partial charge is 0.276 e. The zero-order valence-electron chi connectivity index (χ0n) is 12.1. The molecule has 0 saturated carbocycles. The Morgan fingerprint density at radius 1 is 1.40 bits per heavy atom. The number of nitrogens with zero attached hydrogens (tertiary/aromatic N) is 4. The molecule has 5 nitrogen and oxygen atoms in total. The molecule has 1 aliphatic rings. The van der Waals surface area contributed by atoms with Crippen molar-refractivity contribution < 1.29 is 4.79 Å². The summed E-state index contributed by atoms with van der Waals surface area (Å²) in [4.78, 5) is 18.6. The van der Waals surface area contributed by atoms with E-state index < -0.39 is 0 Å². The molecular formula is C15H18N4O. The summed E-state index contributed by atoms with van der Waals surface area (Å²) in [6, 6.07) is 3.76. The third-order valence-corrected chi connectivity index (χ3v) is 3.84. The number of fused-ring (bicyclic) bond motifs is 1. The monoisotopic (exact) mass is 270 g/mol. The summed E-state index contributed by atoms with van der Waals surface area (Å²) in [5.74, 6) is -0.00579. The van der Waals surface area contributed by atoms with Crippen molar-refractivity contribution in [2.45, 2.75) is 26.2 Å². The van der Waals surface area contributed by atoms with Crippen molar-refractivity contribution in [3.63, 3.8) is 0 Å². The van der Waals surface area contributed by atoms with Crippen LogP contribution in [0.4, 0.5) is 5.69 Å². The largest absolute Gasteiger partial charge is 0.310 e. The van der Waals surface area contributed by atoms with Crippen LogP contribution in [0.25, 0.3) is 0 Å². The lowest BCUT2D eigenvalue weighted by Gasteiger charge is -2.18. The van der Waals surface area contributed by atoms with E-state index >= 15 is 0 Å². The Morgan fingerprint density at radius 2 is 2.20 bits per heavy atom. The van der Waals surface area contributed by atoms with Crippen molar-refractivity contribution in [3.8, 4) is 0 Å². The second-order valence-electron chi connectivity index (χ2n) is 5.27. The van der Waals surface area contributed by atoms with Gasteiger partial charge >= 0.3 is 0 Å². The first-order valence-electron chi connectivity index (χ1n) is 6.83. The first-order chi connectivity index (χ1) is 9.58. The van der Waals surface area contributed by atoms with Crippen LogP contribution in [0.1, 0.15) is 33.9 Å². The van der Waals surface area contributed by atoms with Crippen LogP contribution >= 0.6 is 0 Å². The van der Waals surface area contributed by atoms with Gasteiger partial charge in [-0.05, 0) is 38.3 Å². The van der Waals surface area contributed by atoms with E-state index in [9.17, 15) is 4.79 Å². The number of rotatable bonds is 2. The lowest BCUT2D eigenvalue weighted by atomic mass is 10.1. The van der Waals surface area contributed by atoms with Gasteiger partial charge in [0.05, 0.1) is 5.69 Å². The molecule has 104 valence electrons. The average Bonchev–Trinajstić information content (AvgIpc) is 2.97. The summed E-state index contributed by atoms with van der Waals surface area (Å²) in [5, 5.41) is 4.46. The molecule has 0 aromatic carbocycles. The maximum atomic E-state index is 12.7. The Balaban J connectivity index is 1.97. The van der Waals surface area contributed by atoms with E-state index in [2.05, 4.69) is 10.1 Å². The van der Waals surface area contributed by atoms with Crippen LogP contribution < -0.4 is 4.90 Å². The number of hydrogen-bond donors (Lipinski definition) is 0. The van der Waals surface area contributed by atoms with Gasteiger partial charge in [0, 0.05) is 37.2 Å². The first kappa shape index (κ1) is 12.8. The van der Waals surface area contributed by atoms with E-state index in [0.29, 0.717) is 0 Å². The highest BCUT2D eigenvalue weighted by molar-refractivity contribution is 6.05. The van der Waals surface area contributed by atoms with Crippen molar-refractivity contribution in [2.24, 2.45) is 7.05 Å². The zero-order chi connectivity index (χ0) is 14.3. The van der Waals surface area contributed by atoms with E-state index in [1.54, 1.807) is 22.8 Å². The molecule has 0 N–H and O–H groups in total. The Hall–Kier alpha value is -2.17. The molecule has 2 aromatic rings. The number of hydrogen-bond acceptors (Lipinski definition) is 3. The van der Waals surface area contributed by atoms with E-state index in [-0.39, 0.29) is 5.91 Å². The SMILES string of the molecule is Cc1cc(N(C)C(=O)c2c3c(nn2C)CCC3)ccn1. The van der Waals surface area contributed by atoms with Crippen LogP contribution in [0.3, 0.4) is 0 Å². The van der Waals surface area contributed by atoms with Gasteiger partial charge in [-0.1, -0.05) is 0 Å². The zero-order valence-corrected chi connectivity index (χ0v) is 12.1. The molecule has 0 bridgehead atoms. The summed E-state index contributed by atoms with van der Waals surface area (Å²) < 4.78 is 1.72. The van der Waals surface area contributed by atoms with Gasteiger partial charge in [-0.3, -0.25) is 14.5 Å². The van der Waals surface area contributed by atoms with Gasteiger partial charge in [-0.15, -0.1) is 0 Å². The molecule has 0 radical (unpaired) electrons. The third-order valence-electron chi connectivity index (χ3n) is 3.84. The normalized spacial score (nSPS) is 13.3. The molecule has 0 aliphatic heterocycles. The van der Waals surface area contributed by atoms with Crippen LogP contribution in [0.2, 0.25) is 0 Å². The Bertz CT molecular complexity index is 675. The van der Waals surface area contributed by atoms with Crippen LogP contribution in [0.5, 0.6) is 0 Å². The summed E-state index contributed by atoms with van der Waals surface area (Å²) in [6.07, 6.45) is 4.75. The van der Waals surface area contributed by atoms with Gasteiger partial charge < -0.3 is 4.90 Å². The molecule has 3 rings (SSSR count). The lowest BCUT2D eigenvalue weighted by Crippen LogP contribution is -2.29. The predicted octanol–water partition coefficient (Wildman–Crippen LogP) is 1.89. The fourth-order valence-electron chi connectivity index (χ4n) is 2.80. The summed E-state index contributed by atoms with van der Waals surface area (Å²) in [7, 11) is 3.64. The number of aryl methyl sites for hydroxylation is 3.